The van der Waals surface area contributed by atoms with Crippen LogP contribution in [0.15, 0.2) is 53.3 Å². The summed E-state index contributed by atoms with van der Waals surface area (Å²) < 4.78 is 5.80. The van der Waals surface area contributed by atoms with Crippen LogP contribution in [0.1, 0.15) is 18.1 Å². The minimum atomic E-state index is -0.713. The number of amides is 1. The fourth-order valence-corrected chi connectivity index (χ4v) is 2.68. The van der Waals surface area contributed by atoms with Crippen LogP contribution in [-0.2, 0) is 4.79 Å². The third-order valence-electron chi connectivity index (χ3n) is 4.03. The fourth-order valence-electron chi connectivity index (χ4n) is 2.68. The largest absolute Gasteiger partial charge is 0.479 e. The van der Waals surface area contributed by atoms with Gasteiger partial charge in [0.05, 0.1) is 5.52 Å². The Morgan fingerprint density at radius 1 is 1.12 bits per heavy atom. The molecule has 0 fully saturated rings. The molecular weight excluding hydrogens is 316 g/mol. The summed E-state index contributed by atoms with van der Waals surface area (Å²) in [6, 6.07) is 14.5. The Morgan fingerprint density at radius 3 is 2.68 bits per heavy atom. The van der Waals surface area contributed by atoms with Crippen LogP contribution < -0.4 is 15.6 Å². The van der Waals surface area contributed by atoms with E-state index < -0.39 is 6.10 Å². The molecule has 25 heavy (non-hydrogen) atoms. The van der Waals surface area contributed by atoms with Gasteiger partial charge in [0, 0.05) is 17.1 Å². The molecule has 1 amide bonds. The van der Waals surface area contributed by atoms with Gasteiger partial charge < -0.3 is 15.0 Å². The van der Waals surface area contributed by atoms with E-state index in [0.29, 0.717) is 11.3 Å². The van der Waals surface area contributed by atoms with Crippen molar-refractivity contribution in [2.24, 2.45) is 0 Å². The molecule has 5 nitrogen and oxygen atoms in total. The van der Waals surface area contributed by atoms with Crippen LogP contribution in [0, 0.1) is 13.8 Å². The molecule has 0 saturated heterocycles. The Bertz CT molecular complexity index is 992. The maximum atomic E-state index is 12.4. The van der Waals surface area contributed by atoms with Gasteiger partial charge in [-0.3, -0.25) is 9.59 Å². The number of aromatic amines is 1. The number of ether oxygens (including phenoxy) is 1. The van der Waals surface area contributed by atoms with Crippen molar-refractivity contribution in [1.29, 1.82) is 0 Å². The molecule has 1 atom stereocenters. The lowest BCUT2D eigenvalue weighted by atomic mass is 10.1. The number of aryl methyl sites for hydroxylation is 2. The van der Waals surface area contributed by atoms with Crippen molar-refractivity contribution in [3.05, 3.63) is 70.0 Å². The number of H-pyrrole nitrogens is 1. The van der Waals surface area contributed by atoms with Crippen molar-refractivity contribution in [1.82, 2.24) is 4.98 Å². The zero-order chi connectivity index (χ0) is 18.0. The van der Waals surface area contributed by atoms with Crippen LogP contribution in [0.4, 0.5) is 5.69 Å². The molecule has 0 aliphatic heterocycles. The average molecular weight is 336 g/mol. The molecule has 0 saturated carbocycles. The molecule has 3 rings (SSSR count). The van der Waals surface area contributed by atoms with Crippen LogP contribution in [0.3, 0.4) is 0 Å². The van der Waals surface area contributed by atoms with Gasteiger partial charge in [0.15, 0.2) is 6.10 Å². The molecule has 2 aromatic carbocycles. The lowest BCUT2D eigenvalue weighted by Crippen LogP contribution is -2.30. The molecule has 128 valence electrons. The third kappa shape index (κ3) is 3.71. The van der Waals surface area contributed by atoms with Gasteiger partial charge in [-0.1, -0.05) is 29.8 Å². The topological polar surface area (TPSA) is 71.2 Å². The number of carbonyl (C=O) groups is 1. The van der Waals surface area contributed by atoms with E-state index in [1.54, 1.807) is 19.1 Å². The van der Waals surface area contributed by atoms with Crippen molar-refractivity contribution in [3.63, 3.8) is 0 Å². The van der Waals surface area contributed by atoms with Gasteiger partial charge in [0.1, 0.15) is 5.75 Å². The molecule has 1 heterocycles. The van der Waals surface area contributed by atoms with E-state index in [2.05, 4.69) is 10.3 Å². The minimum Gasteiger partial charge on any atom is -0.479 e. The molecule has 5 heteroatoms. The molecule has 2 N–H and O–H groups in total. The molecule has 0 radical (unpaired) electrons. The van der Waals surface area contributed by atoms with E-state index >= 15 is 0 Å². The average Bonchev–Trinajstić information content (AvgIpc) is 2.57. The summed E-state index contributed by atoms with van der Waals surface area (Å²) in [5, 5.41) is 3.73. The van der Waals surface area contributed by atoms with Gasteiger partial charge in [-0.25, -0.2) is 0 Å². The van der Waals surface area contributed by atoms with Crippen LogP contribution in [-0.4, -0.2) is 17.0 Å². The van der Waals surface area contributed by atoms with Gasteiger partial charge in [0.2, 0.25) is 5.56 Å². The van der Waals surface area contributed by atoms with Crippen molar-refractivity contribution in [2.45, 2.75) is 26.9 Å². The van der Waals surface area contributed by atoms with Gasteiger partial charge in [-0.2, -0.15) is 0 Å². The van der Waals surface area contributed by atoms with Crippen LogP contribution in [0.2, 0.25) is 0 Å². The quantitative estimate of drug-likeness (QED) is 0.765. The minimum absolute atomic E-state index is 0.212. The normalized spacial score (nSPS) is 12.0. The third-order valence-corrected chi connectivity index (χ3v) is 4.03. The number of fused-ring (bicyclic) bond motifs is 1. The Morgan fingerprint density at radius 2 is 1.92 bits per heavy atom. The van der Waals surface area contributed by atoms with E-state index in [1.165, 1.54) is 6.07 Å². The first kappa shape index (κ1) is 16.8. The monoisotopic (exact) mass is 336 g/mol. The highest BCUT2D eigenvalue weighted by molar-refractivity contribution is 5.95. The molecule has 0 bridgehead atoms. The summed E-state index contributed by atoms with van der Waals surface area (Å²) in [5.41, 5.74) is 3.27. The summed E-state index contributed by atoms with van der Waals surface area (Å²) >= 11 is 0. The van der Waals surface area contributed by atoms with E-state index in [9.17, 15) is 9.59 Å². The zero-order valence-electron chi connectivity index (χ0n) is 14.4. The predicted octanol–water partition coefficient (Wildman–Crippen LogP) is 3.55. The van der Waals surface area contributed by atoms with Gasteiger partial charge >= 0.3 is 0 Å². The Labute approximate surface area is 145 Å². The lowest BCUT2D eigenvalue weighted by molar-refractivity contribution is -0.122. The number of rotatable bonds is 4. The maximum absolute atomic E-state index is 12.4. The van der Waals surface area contributed by atoms with E-state index in [-0.39, 0.29) is 11.5 Å². The Balaban J connectivity index is 1.80. The number of pyridine rings is 1. The van der Waals surface area contributed by atoms with Crippen molar-refractivity contribution in [2.75, 3.05) is 5.32 Å². The van der Waals surface area contributed by atoms with E-state index in [4.69, 9.17) is 4.74 Å². The van der Waals surface area contributed by atoms with Gasteiger partial charge in [-0.05, 0) is 44.5 Å². The molecule has 0 aliphatic rings. The summed E-state index contributed by atoms with van der Waals surface area (Å²) in [4.78, 5) is 26.8. The SMILES string of the molecule is Cc1ccc(NC(=O)C(C)Oc2cccc3ccc(=O)[nH]c23)c(C)c1. The first-order valence-electron chi connectivity index (χ1n) is 8.11. The number of hydrogen-bond acceptors (Lipinski definition) is 3. The van der Waals surface area contributed by atoms with Crippen molar-refractivity contribution >= 4 is 22.5 Å². The highest BCUT2D eigenvalue weighted by atomic mass is 16.5. The molecule has 0 aliphatic carbocycles. The molecule has 3 aromatic rings. The summed E-state index contributed by atoms with van der Waals surface area (Å²) in [6.07, 6.45) is -0.713. The zero-order valence-corrected chi connectivity index (χ0v) is 14.4. The smallest absolute Gasteiger partial charge is 0.265 e. The predicted molar refractivity (Wildman–Crippen MR) is 99.2 cm³/mol. The van der Waals surface area contributed by atoms with E-state index in [1.807, 2.05) is 44.2 Å². The van der Waals surface area contributed by atoms with Crippen molar-refractivity contribution in [3.8, 4) is 5.75 Å². The second kappa shape index (κ2) is 6.81. The number of nitrogens with one attached hydrogen (secondary N) is 2. The maximum Gasteiger partial charge on any atom is 0.265 e. The summed E-state index contributed by atoms with van der Waals surface area (Å²) in [7, 11) is 0. The molecule has 0 spiro atoms. The summed E-state index contributed by atoms with van der Waals surface area (Å²) in [6.45, 7) is 5.63. The number of aromatic nitrogens is 1. The second-order valence-corrected chi connectivity index (χ2v) is 6.11. The standard InChI is InChI=1S/C20H20N2O3/c1-12-7-9-16(13(2)11-12)21-20(24)14(3)25-17-6-4-5-15-8-10-18(23)22-19(15)17/h4-11,14H,1-3H3,(H,21,24)(H,22,23). The van der Waals surface area contributed by atoms with Gasteiger partial charge in [0.25, 0.3) is 5.91 Å². The lowest BCUT2D eigenvalue weighted by Gasteiger charge is -2.17. The first-order chi connectivity index (χ1) is 11.9. The highest BCUT2D eigenvalue weighted by Crippen LogP contribution is 2.24. The van der Waals surface area contributed by atoms with Gasteiger partial charge in [-0.15, -0.1) is 0 Å². The van der Waals surface area contributed by atoms with E-state index in [0.717, 1.165) is 22.2 Å². The van der Waals surface area contributed by atoms with Crippen LogP contribution >= 0.6 is 0 Å². The number of hydrogen-bond donors (Lipinski definition) is 2. The van der Waals surface area contributed by atoms with Crippen LogP contribution in [0.5, 0.6) is 5.75 Å². The number of para-hydroxylation sites is 1. The van der Waals surface area contributed by atoms with Crippen LogP contribution in [0.25, 0.3) is 10.9 Å². The first-order valence-corrected chi connectivity index (χ1v) is 8.11. The fraction of sp³-hybridized carbons (Fsp3) is 0.200. The Kier molecular flexibility index (Phi) is 4.57. The number of anilines is 1. The number of carbonyl (C=O) groups excluding carboxylic acids is 1. The molecular formula is C20H20N2O3. The molecule has 1 aromatic heterocycles. The second-order valence-electron chi connectivity index (χ2n) is 6.11. The summed E-state index contributed by atoms with van der Waals surface area (Å²) in [5.74, 6) is 0.223. The van der Waals surface area contributed by atoms with Crippen molar-refractivity contribution < 1.29 is 9.53 Å². The number of benzene rings is 2. The molecule has 1 unspecified atom stereocenters. The Hall–Kier alpha value is -3.08. The highest BCUT2D eigenvalue weighted by Gasteiger charge is 2.17.